The number of nitrogens with one attached hydrogen (secondary N) is 1. The molecule has 0 saturated carbocycles. The number of ether oxygens (including phenoxy) is 1. The number of rotatable bonds is 3. The van der Waals surface area contributed by atoms with Crippen molar-refractivity contribution in [2.75, 3.05) is 7.11 Å². The summed E-state index contributed by atoms with van der Waals surface area (Å²) < 4.78 is 5.45. The lowest BCUT2D eigenvalue weighted by Crippen LogP contribution is -2.47. The largest absolute Gasteiger partial charge is 0.496 e. The van der Waals surface area contributed by atoms with Crippen molar-refractivity contribution in [3.8, 4) is 18.1 Å². The molecule has 18 heavy (non-hydrogen) atoms. The van der Waals surface area contributed by atoms with Gasteiger partial charge < -0.3 is 4.74 Å². The molecule has 0 saturated heterocycles. The summed E-state index contributed by atoms with van der Waals surface area (Å²) in [6.45, 7) is 4.09. The zero-order valence-electron chi connectivity index (χ0n) is 11.4. The minimum atomic E-state index is -0.246. The van der Waals surface area contributed by atoms with E-state index in [9.17, 15) is 0 Å². The summed E-state index contributed by atoms with van der Waals surface area (Å²) in [5, 5.41) is 3.55. The van der Waals surface area contributed by atoms with Crippen molar-refractivity contribution in [1.82, 2.24) is 5.32 Å². The highest BCUT2D eigenvalue weighted by atomic mass is 16.5. The zero-order valence-corrected chi connectivity index (χ0v) is 11.4. The molecule has 0 heterocycles. The Morgan fingerprint density at radius 3 is 2.89 bits per heavy atom. The highest BCUT2D eigenvalue weighted by Crippen LogP contribution is 2.30. The van der Waals surface area contributed by atoms with Crippen molar-refractivity contribution < 1.29 is 4.74 Å². The lowest BCUT2D eigenvalue weighted by Gasteiger charge is -2.32. The summed E-state index contributed by atoms with van der Waals surface area (Å²) in [5.74, 6) is 3.80. The first-order valence-corrected chi connectivity index (χ1v) is 6.46. The molecule has 0 fully saturated rings. The van der Waals surface area contributed by atoms with Crippen molar-refractivity contribution in [1.29, 1.82) is 0 Å². The first-order valence-electron chi connectivity index (χ1n) is 6.46. The molecule has 1 N–H and O–H groups in total. The molecular formula is C16H21NO. The molecule has 1 aliphatic rings. The number of hydrogen-bond acceptors (Lipinski definition) is 2. The van der Waals surface area contributed by atoms with E-state index in [1.807, 2.05) is 19.9 Å². The van der Waals surface area contributed by atoms with Crippen molar-refractivity contribution >= 4 is 0 Å². The van der Waals surface area contributed by atoms with E-state index in [0.717, 1.165) is 25.0 Å². The molecule has 0 radical (unpaired) electrons. The monoisotopic (exact) mass is 243 g/mol. The lowest BCUT2D eigenvalue weighted by molar-refractivity contribution is 0.360. The van der Waals surface area contributed by atoms with Crippen LogP contribution in [0.2, 0.25) is 0 Å². The highest BCUT2D eigenvalue weighted by Gasteiger charge is 2.25. The Labute approximate surface area is 110 Å². The minimum absolute atomic E-state index is 0.246. The van der Waals surface area contributed by atoms with Gasteiger partial charge in [0.05, 0.1) is 12.6 Å². The van der Waals surface area contributed by atoms with Crippen LogP contribution >= 0.6 is 0 Å². The molecular weight excluding hydrogens is 222 g/mol. The molecule has 2 heteroatoms. The molecule has 0 aromatic heterocycles. The summed E-state index contributed by atoms with van der Waals surface area (Å²) >= 11 is 0. The normalized spacial score (nSPS) is 18.9. The SMILES string of the molecule is C#CC(C)(C)NC1CCc2cccc(OC)c2C1. The van der Waals surface area contributed by atoms with E-state index < -0.39 is 0 Å². The first kappa shape index (κ1) is 13.0. The van der Waals surface area contributed by atoms with E-state index >= 15 is 0 Å². The second-order valence-electron chi connectivity index (χ2n) is 5.45. The van der Waals surface area contributed by atoms with E-state index in [1.165, 1.54) is 11.1 Å². The van der Waals surface area contributed by atoms with Gasteiger partial charge >= 0.3 is 0 Å². The molecule has 1 unspecified atom stereocenters. The summed E-state index contributed by atoms with van der Waals surface area (Å²) in [7, 11) is 1.73. The van der Waals surface area contributed by atoms with Gasteiger partial charge in [-0.15, -0.1) is 6.42 Å². The van der Waals surface area contributed by atoms with Crippen molar-refractivity contribution in [2.24, 2.45) is 0 Å². The van der Waals surface area contributed by atoms with Crippen LogP contribution in [-0.2, 0) is 12.8 Å². The lowest BCUT2D eigenvalue weighted by atomic mass is 9.86. The van der Waals surface area contributed by atoms with Crippen LogP contribution in [0.1, 0.15) is 31.4 Å². The topological polar surface area (TPSA) is 21.3 Å². The summed E-state index contributed by atoms with van der Waals surface area (Å²) in [4.78, 5) is 0. The Hall–Kier alpha value is -1.46. The predicted molar refractivity (Wildman–Crippen MR) is 74.9 cm³/mol. The van der Waals surface area contributed by atoms with Gasteiger partial charge in [0.1, 0.15) is 5.75 Å². The van der Waals surface area contributed by atoms with Gasteiger partial charge in [-0.2, -0.15) is 0 Å². The maximum atomic E-state index is 5.54. The molecule has 1 atom stereocenters. The Balaban J connectivity index is 2.17. The van der Waals surface area contributed by atoms with Gasteiger partial charge in [0.2, 0.25) is 0 Å². The van der Waals surface area contributed by atoms with Crippen molar-refractivity contribution in [3.05, 3.63) is 29.3 Å². The number of hydrogen-bond donors (Lipinski definition) is 1. The molecule has 0 bridgehead atoms. The van der Waals surface area contributed by atoms with Crippen LogP contribution in [0.15, 0.2) is 18.2 Å². The van der Waals surface area contributed by atoms with Gasteiger partial charge in [0.15, 0.2) is 0 Å². The second kappa shape index (κ2) is 5.04. The Morgan fingerprint density at radius 2 is 2.22 bits per heavy atom. The van der Waals surface area contributed by atoms with Crippen molar-refractivity contribution in [3.63, 3.8) is 0 Å². The van der Waals surface area contributed by atoms with Gasteiger partial charge in [0.25, 0.3) is 0 Å². The molecule has 96 valence electrons. The van der Waals surface area contributed by atoms with Crippen molar-refractivity contribution in [2.45, 2.75) is 44.7 Å². The second-order valence-corrected chi connectivity index (χ2v) is 5.45. The summed E-state index contributed by atoms with van der Waals surface area (Å²) in [6.07, 6.45) is 8.75. The van der Waals surface area contributed by atoms with E-state index in [4.69, 9.17) is 11.2 Å². The van der Waals surface area contributed by atoms with Crippen LogP contribution < -0.4 is 10.1 Å². The summed E-state index contributed by atoms with van der Waals surface area (Å²) in [6, 6.07) is 6.73. The fraction of sp³-hybridized carbons (Fsp3) is 0.500. The van der Waals surface area contributed by atoms with Crippen LogP contribution in [0.4, 0.5) is 0 Å². The predicted octanol–water partition coefficient (Wildman–Crippen LogP) is 2.55. The summed E-state index contributed by atoms with van der Waals surface area (Å²) in [5.41, 5.74) is 2.49. The molecule has 1 aromatic carbocycles. The third-order valence-electron chi connectivity index (χ3n) is 3.59. The van der Waals surface area contributed by atoms with Crippen LogP contribution in [0.25, 0.3) is 0 Å². The standard InChI is InChI=1S/C16H21NO/c1-5-16(2,3)17-13-10-9-12-7-6-8-15(18-4)14(12)11-13/h1,6-8,13,17H,9-11H2,2-4H3. The average Bonchev–Trinajstić information content (AvgIpc) is 2.37. The van der Waals surface area contributed by atoms with Gasteiger partial charge in [-0.1, -0.05) is 18.1 Å². The molecule has 0 spiro atoms. The molecule has 2 nitrogen and oxygen atoms in total. The van der Waals surface area contributed by atoms with E-state index in [2.05, 4.69) is 23.4 Å². The Morgan fingerprint density at radius 1 is 1.44 bits per heavy atom. The van der Waals surface area contributed by atoms with Crippen LogP contribution in [0.3, 0.4) is 0 Å². The number of aryl methyl sites for hydroxylation is 1. The molecule has 1 aliphatic carbocycles. The molecule has 2 rings (SSSR count). The van der Waals surface area contributed by atoms with Crippen LogP contribution in [0.5, 0.6) is 5.75 Å². The van der Waals surface area contributed by atoms with Gasteiger partial charge in [-0.05, 0) is 50.3 Å². The van der Waals surface area contributed by atoms with Gasteiger partial charge in [-0.25, -0.2) is 0 Å². The Bertz CT molecular complexity index is 456. The van der Waals surface area contributed by atoms with E-state index in [-0.39, 0.29) is 5.54 Å². The van der Waals surface area contributed by atoms with E-state index in [1.54, 1.807) is 7.11 Å². The molecule has 0 amide bonds. The average molecular weight is 243 g/mol. The minimum Gasteiger partial charge on any atom is -0.496 e. The van der Waals surface area contributed by atoms with Crippen LogP contribution in [-0.4, -0.2) is 18.7 Å². The first-order chi connectivity index (χ1) is 8.55. The van der Waals surface area contributed by atoms with Gasteiger partial charge in [-0.3, -0.25) is 5.32 Å². The fourth-order valence-corrected chi connectivity index (χ4v) is 2.62. The maximum Gasteiger partial charge on any atom is 0.122 e. The molecule has 1 aromatic rings. The third kappa shape index (κ3) is 2.68. The van der Waals surface area contributed by atoms with E-state index in [0.29, 0.717) is 6.04 Å². The highest BCUT2D eigenvalue weighted by molar-refractivity contribution is 5.42. The number of terminal acetylenes is 1. The number of benzene rings is 1. The van der Waals surface area contributed by atoms with Gasteiger partial charge in [0, 0.05) is 6.04 Å². The zero-order chi connectivity index (χ0) is 13.2. The fourth-order valence-electron chi connectivity index (χ4n) is 2.62. The number of methoxy groups -OCH3 is 1. The molecule has 0 aliphatic heterocycles. The quantitative estimate of drug-likeness (QED) is 0.824. The third-order valence-corrected chi connectivity index (χ3v) is 3.59. The maximum absolute atomic E-state index is 5.54. The van der Waals surface area contributed by atoms with Crippen LogP contribution in [0, 0.1) is 12.3 Å². The smallest absolute Gasteiger partial charge is 0.122 e. The number of fused-ring (bicyclic) bond motifs is 1. The Kier molecular flexibility index (Phi) is 3.63.